The number of fused-ring (bicyclic) bond motifs is 1. The third-order valence-corrected chi connectivity index (χ3v) is 8.99. The van der Waals surface area contributed by atoms with Crippen molar-refractivity contribution in [3.8, 4) is 0 Å². The number of hydrogen-bond donors (Lipinski definition) is 1. The van der Waals surface area contributed by atoms with Gasteiger partial charge in [0, 0.05) is 0 Å². The minimum atomic E-state index is -1.73. The van der Waals surface area contributed by atoms with Crippen molar-refractivity contribution in [2.45, 2.75) is 57.5 Å². The molecule has 2 rings (SSSR count). The van der Waals surface area contributed by atoms with Crippen molar-refractivity contribution in [3.05, 3.63) is 35.4 Å². The van der Waals surface area contributed by atoms with Crippen LogP contribution in [0.2, 0.25) is 18.1 Å². The van der Waals surface area contributed by atoms with Crippen LogP contribution in [0.1, 0.15) is 37.9 Å². The van der Waals surface area contributed by atoms with E-state index in [4.69, 9.17) is 10.2 Å². The summed E-state index contributed by atoms with van der Waals surface area (Å²) in [6.07, 6.45) is 1.12. The molecule has 0 fully saturated rings. The molecule has 0 spiro atoms. The summed E-state index contributed by atoms with van der Waals surface area (Å²) >= 11 is 0. The Morgan fingerprint density at radius 3 is 2.39 bits per heavy atom. The fourth-order valence-electron chi connectivity index (χ4n) is 2.26. The lowest BCUT2D eigenvalue weighted by atomic mass is 10.1. The summed E-state index contributed by atoms with van der Waals surface area (Å²) in [4.78, 5) is 0. The maximum atomic E-state index is 6.47. The van der Waals surface area contributed by atoms with Crippen molar-refractivity contribution in [3.63, 3.8) is 0 Å². The SMILES string of the molecule is CC(C)(C)[Si](C)(C)OC1Cc2ccccc2C1N. The van der Waals surface area contributed by atoms with Crippen LogP contribution in [0, 0.1) is 0 Å². The van der Waals surface area contributed by atoms with Crippen molar-refractivity contribution in [2.75, 3.05) is 0 Å². The molecule has 3 heteroatoms. The normalized spacial score (nSPS) is 24.1. The molecule has 1 aromatic rings. The fraction of sp³-hybridized carbons (Fsp3) is 0.600. The number of benzene rings is 1. The Bertz CT molecular complexity index is 436. The Kier molecular flexibility index (Phi) is 3.43. The molecule has 0 amide bonds. The first-order valence-electron chi connectivity index (χ1n) is 6.73. The summed E-state index contributed by atoms with van der Waals surface area (Å²) in [6, 6.07) is 8.49. The molecule has 2 atom stereocenters. The maximum Gasteiger partial charge on any atom is 0.192 e. The first-order valence-corrected chi connectivity index (χ1v) is 9.64. The van der Waals surface area contributed by atoms with Gasteiger partial charge in [0.1, 0.15) is 0 Å². The van der Waals surface area contributed by atoms with Crippen LogP contribution in [0.15, 0.2) is 24.3 Å². The van der Waals surface area contributed by atoms with E-state index in [9.17, 15) is 0 Å². The van der Waals surface area contributed by atoms with Gasteiger partial charge in [0.25, 0.3) is 0 Å². The summed E-state index contributed by atoms with van der Waals surface area (Å²) < 4.78 is 6.47. The highest BCUT2D eigenvalue weighted by Gasteiger charge is 2.42. The summed E-state index contributed by atoms with van der Waals surface area (Å²) in [5.41, 5.74) is 8.96. The van der Waals surface area contributed by atoms with Gasteiger partial charge in [-0.2, -0.15) is 0 Å². The van der Waals surface area contributed by atoms with E-state index in [1.54, 1.807) is 0 Å². The Morgan fingerprint density at radius 2 is 1.83 bits per heavy atom. The van der Waals surface area contributed by atoms with E-state index in [1.165, 1.54) is 11.1 Å². The lowest BCUT2D eigenvalue weighted by Crippen LogP contribution is -2.45. The molecule has 1 aliphatic carbocycles. The van der Waals surface area contributed by atoms with Gasteiger partial charge >= 0.3 is 0 Å². The van der Waals surface area contributed by atoms with E-state index >= 15 is 0 Å². The van der Waals surface area contributed by atoms with Gasteiger partial charge < -0.3 is 10.2 Å². The summed E-state index contributed by atoms with van der Waals surface area (Å²) in [5, 5.41) is 0.238. The molecule has 100 valence electrons. The zero-order chi connectivity index (χ0) is 13.6. The standard InChI is InChI=1S/C15H25NOSi/c1-15(2,3)18(4,5)17-13-10-11-8-6-7-9-12(11)14(13)16/h6-9,13-14H,10,16H2,1-5H3. The van der Waals surface area contributed by atoms with Crippen LogP contribution >= 0.6 is 0 Å². The smallest absolute Gasteiger partial charge is 0.192 e. The molecule has 2 nitrogen and oxygen atoms in total. The molecule has 0 aliphatic heterocycles. The molecule has 0 heterocycles. The molecule has 0 radical (unpaired) electrons. The molecule has 0 saturated heterocycles. The topological polar surface area (TPSA) is 35.2 Å². The second-order valence-corrected chi connectivity index (χ2v) is 11.6. The molecule has 0 bridgehead atoms. The van der Waals surface area contributed by atoms with E-state index in [-0.39, 0.29) is 17.2 Å². The number of nitrogens with two attached hydrogens (primary N) is 1. The molecular formula is C15H25NOSi. The first kappa shape index (κ1) is 13.8. The molecular weight excluding hydrogens is 238 g/mol. The van der Waals surface area contributed by atoms with Crippen LogP contribution in [0.3, 0.4) is 0 Å². The molecule has 1 aromatic carbocycles. The Morgan fingerprint density at radius 1 is 1.22 bits per heavy atom. The quantitative estimate of drug-likeness (QED) is 0.827. The van der Waals surface area contributed by atoms with Crippen molar-refractivity contribution in [2.24, 2.45) is 5.73 Å². The highest BCUT2D eigenvalue weighted by molar-refractivity contribution is 6.74. The lowest BCUT2D eigenvalue weighted by molar-refractivity contribution is 0.165. The predicted molar refractivity (Wildman–Crippen MR) is 79.1 cm³/mol. The van der Waals surface area contributed by atoms with Gasteiger partial charge in [-0.1, -0.05) is 45.0 Å². The summed E-state index contributed by atoms with van der Waals surface area (Å²) in [5.74, 6) is 0. The lowest BCUT2D eigenvalue weighted by Gasteiger charge is -2.39. The van der Waals surface area contributed by atoms with Gasteiger partial charge in [-0.05, 0) is 35.7 Å². The van der Waals surface area contributed by atoms with Crippen LogP contribution < -0.4 is 5.73 Å². The highest BCUT2D eigenvalue weighted by atomic mass is 28.4. The maximum absolute atomic E-state index is 6.47. The van der Waals surface area contributed by atoms with Gasteiger partial charge in [0.05, 0.1) is 12.1 Å². The Hall–Kier alpha value is -0.643. The summed E-state index contributed by atoms with van der Waals surface area (Å²) in [6.45, 7) is 11.4. The summed E-state index contributed by atoms with van der Waals surface area (Å²) in [7, 11) is -1.73. The molecule has 2 unspecified atom stereocenters. The average Bonchev–Trinajstić information content (AvgIpc) is 2.54. The van der Waals surface area contributed by atoms with Gasteiger partial charge in [-0.25, -0.2) is 0 Å². The molecule has 2 N–H and O–H groups in total. The molecule has 0 aromatic heterocycles. The Labute approximate surface area is 112 Å². The van der Waals surface area contributed by atoms with E-state index in [2.05, 4.69) is 58.1 Å². The minimum absolute atomic E-state index is 0.0373. The molecule has 1 aliphatic rings. The van der Waals surface area contributed by atoms with E-state index in [0.29, 0.717) is 0 Å². The molecule has 0 saturated carbocycles. The Balaban J connectivity index is 2.16. The van der Waals surface area contributed by atoms with Crippen LogP contribution in [-0.4, -0.2) is 14.4 Å². The third kappa shape index (κ3) is 2.39. The van der Waals surface area contributed by atoms with Gasteiger partial charge in [-0.15, -0.1) is 0 Å². The predicted octanol–water partition coefficient (Wildman–Crippen LogP) is 3.63. The minimum Gasteiger partial charge on any atom is -0.412 e. The number of rotatable bonds is 2. The van der Waals surface area contributed by atoms with Gasteiger partial charge in [0.15, 0.2) is 8.32 Å². The van der Waals surface area contributed by atoms with E-state index < -0.39 is 8.32 Å². The second-order valence-electron chi connectivity index (χ2n) is 6.85. The van der Waals surface area contributed by atoms with Crippen molar-refractivity contribution in [1.82, 2.24) is 0 Å². The third-order valence-electron chi connectivity index (χ3n) is 4.49. The van der Waals surface area contributed by atoms with E-state index in [0.717, 1.165) is 6.42 Å². The average molecular weight is 263 g/mol. The second kappa shape index (κ2) is 4.48. The van der Waals surface area contributed by atoms with Crippen molar-refractivity contribution < 1.29 is 4.43 Å². The fourth-order valence-corrected chi connectivity index (χ4v) is 3.60. The van der Waals surface area contributed by atoms with Crippen LogP contribution in [0.4, 0.5) is 0 Å². The van der Waals surface area contributed by atoms with Gasteiger partial charge in [0.2, 0.25) is 0 Å². The monoisotopic (exact) mass is 263 g/mol. The van der Waals surface area contributed by atoms with Crippen molar-refractivity contribution >= 4 is 8.32 Å². The zero-order valence-electron chi connectivity index (χ0n) is 12.2. The number of hydrogen-bond acceptors (Lipinski definition) is 2. The largest absolute Gasteiger partial charge is 0.412 e. The van der Waals surface area contributed by atoms with Crippen molar-refractivity contribution in [1.29, 1.82) is 0 Å². The van der Waals surface area contributed by atoms with Gasteiger partial charge in [-0.3, -0.25) is 0 Å². The zero-order valence-corrected chi connectivity index (χ0v) is 13.2. The van der Waals surface area contributed by atoms with Crippen LogP contribution in [0.5, 0.6) is 0 Å². The van der Waals surface area contributed by atoms with Crippen LogP contribution in [-0.2, 0) is 10.8 Å². The highest BCUT2D eigenvalue weighted by Crippen LogP contribution is 2.41. The van der Waals surface area contributed by atoms with E-state index in [1.807, 2.05) is 0 Å². The van der Waals surface area contributed by atoms with Crippen LogP contribution in [0.25, 0.3) is 0 Å². The first-order chi connectivity index (χ1) is 8.22. The molecule has 18 heavy (non-hydrogen) atoms.